The number of piperidine rings is 1. The highest BCUT2D eigenvalue weighted by Gasteiger charge is 2.27. The SMILES string of the molecule is CC1CCN(S(=O)(=O)c2ccc(NC(=O)C=Cc3ccccn3)cc2)CC1. The lowest BCUT2D eigenvalue weighted by atomic mass is 10.0. The second-order valence-electron chi connectivity index (χ2n) is 6.69. The van der Waals surface area contributed by atoms with Gasteiger partial charge in [0.25, 0.3) is 0 Å². The molecule has 1 saturated heterocycles. The van der Waals surface area contributed by atoms with Gasteiger partial charge < -0.3 is 5.32 Å². The van der Waals surface area contributed by atoms with E-state index in [1.165, 1.54) is 22.5 Å². The summed E-state index contributed by atoms with van der Waals surface area (Å²) >= 11 is 0. The van der Waals surface area contributed by atoms with E-state index in [0.29, 0.717) is 30.4 Å². The lowest BCUT2D eigenvalue weighted by Gasteiger charge is -2.29. The summed E-state index contributed by atoms with van der Waals surface area (Å²) in [6.07, 6.45) is 6.43. The van der Waals surface area contributed by atoms with Crippen molar-refractivity contribution in [2.75, 3.05) is 18.4 Å². The van der Waals surface area contributed by atoms with Gasteiger partial charge in [-0.15, -0.1) is 0 Å². The molecule has 1 aliphatic rings. The molecule has 6 nitrogen and oxygen atoms in total. The van der Waals surface area contributed by atoms with Crippen molar-refractivity contribution in [1.29, 1.82) is 0 Å². The van der Waals surface area contributed by atoms with Crippen molar-refractivity contribution < 1.29 is 13.2 Å². The van der Waals surface area contributed by atoms with Crippen LogP contribution in [-0.4, -0.2) is 36.7 Å². The summed E-state index contributed by atoms with van der Waals surface area (Å²) in [7, 11) is -3.48. The second kappa shape index (κ2) is 8.45. The van der Waals surface area contributed by atoms with E-state index in [1.54, 1.807) is 36.5 Å². The third-order valence-corrected chi connectivity index (χ3v) is 6.51. The first kappa shape index (κ1) is 19.3. The van der Waals surface area contributed by atoms with E-state index in [9.17, 15) is 13.2 Å². The number of benzene rings is 1. The lowest BCUT2D eigenvalue weighted by molar-refractivity contribution is -0.111. The summed E-state index contributed by atoms with van der Waals surface area (Å²) in [6, 6.07) is 11.7. The number of nitrogens with zero attached hydrogens (tertiary/aromatic N) is 2. The Labute approximate surface area is 160 Å². The normalized spacial score (nSPS) is 16.5. The van der Waals surface area contributed by atoms with Crippen molar-refractivity contribution >= 4 is 27.7 Å². The number of carbonyl (C=O) groups excluding carboxylic acids is 1. The number of amides is 1. The lowest BCUT2D eigenvalue weighted by Crippen LogP contribution is -2.37. The third kappa shape index (κ3) is 5.02. The highest BCUT2D eigenvalue weighted by atomic mass is 32.2. The van der Waals surface area contributed by atoms with E-state index in [4.69, 9.17) is 0 Å². The molecule has 0 atom stereocenters. The van der Waals surface area contributed by atoms with Crippen molar-refractivity contribution in [1.82, 2.24) is 9.29 Å². The fourth-order valence-electron chi connectivity index (χ4n) is 2.90. The van der Waals surface area contributed by atoms with Crippen LogP contribution in [0.5, 0.6) is 0 Å². The van der Waals surface area contributed by atoms with Gasteiger partial charge in [-0.2, -0.15) is 4.31 Å². The van der Waals surface area contributed by atoms with Crippen molar-refractivity contribution in [3.05, 3.63) is 60.4 Å². The molecule has 2 heterocycles. The molecule has 1 aliphatic heterocycles. The molecule has 1 fully saturated rings. The summed E-state index contributed by atoms with van der Waals surface area (Å²) in [5.41, 5.74) is 1.22. The van der Waals surface area contributed by atoms with E-state index in [-0.39, 0.29) is 10.8 Å². The Morgan fingerprint density at radius 1 is 1.15 bits per heavy atom. The largest absolute Gasteiger partial charge is 0.323 e. The number of nitrogens with one attached hydrogen (secondary N) is 1. The van der Waals surface area contributed by atoms with Gasteiger partial charge in [-0.05, 0) is 61.2 Å². The van der Waals surface area contributed by atoms with E-state index < -0.39 is 10.0 Å². The van der Waals surface area contributed by atoms with Gasteiger partial charge in [-0.3, -0.25) is 9.78 Å². The number of aromatic nitrogens is 1. The number of hydrogen-bond donors (Lipinski definition) is 1. The molecule has 1 aromatic heterocycles. The molecule has 0 bridgehead atoms. The minimum absolute atomic E-state index is 0.249. The van der Waals surface area contributed by atoms with Crippen LogP contribution < -0.4 is 5.32 Å². The third-order valence-electron chi connectivity index (χ3n) is 4.60. The average Bonchev–Trinajstić information content (AvgIpc) is 2.68. The summed E-state index contributed by atoms with van der Waals surface area (Å²) in [5.74, 6) is 0.259. The van der Waals surface area contributed by atoms with Crippen molar-refractivity contribution in [3.8, 4) is 0 Å². The van der Waals surface area contributed by atoms with Crippen molar-refractivity contribution in [2.45, 2.75) is 24.7 Å². The molecule has 0 unspecified atom stereocenters. The summed E-state index contributed by atoms with van der Waals surface area (Å²) in [6.45, 7) is 3.25. The van der Waals surface area contributed by atoms with Crippen LogP contribution in [0.1, 0.15) is 25.5 Å². The quantitative estimate of drug-likeness (QED) is 0.802. The van der Waals surface area contributed by atoms with Crippen LogP contribution in [0, 0.1) is 5.92 Å². The molecular formula is C20H23N3O3S. The monoisotopic (exact) mass is 385 g/mol. The number of sulfonamides is 1. The average molecular weight is 385 g/mol. The number of rotatable bonds is 5. The number of carbonyl (C=O) groups is 1. The molecule has 1 amide bonds. The molecule has 142 valence electrons. The summed E-state index contributed by atoms with van der Waals surface area (Å²) < 4.78 is 27.0. The Kier molecular flexibility index (Phi) is 6.03. The Morgan fingerprint density at radius 3 is 2.48 bits per heavy atom. The number of hydrogen-bond acceptors (Lipinski definition) is 4. The molecule has 3 rings (SSSR count). The number of pyridine rings is 1. The maximum Gasteiger partial charge on any atom is 0.248 e. The van der Waals surface area contributed by atoms with Gasteiger partial charge in [0.2, 0.25) is 15.9 Å². The molecule has 2 aromatic rings. The van der Waals surface area contributed by atoms with Crippen LogP contribution >= 0.6 is 0 Å². The smallest absolute Gasteiger partial charge is 0.248 e. The van der Waals surface area contributed by atoms with Crippen LogP contribution in [0.15, 0.2) is 59.6 Å². The fraction of sp³-hybridized carbons (Fsp3) is 0.300. The Hall–Kier alpha value is -2.51. The molecule has 0 spiro atoms. The Morgan fingerprint density at radius 2 is 1.85 bits per heavy atom. The van der Waals surface area contributed by atoms with Crippen molar-refractivity contribution in [3.63, 3.8) is 0 Å². The zero-order valence-electron chi connectivity index (χ0n) is 15.2. The van der Waals surface area contributed by atoms with Gasteiger partial charge >= 0.3 is 0 Å². The maximum atomic E-state index is 12.7. The van der Waals surface area contributed by atoms with Crippen LogP contribution in [0.4, 0.5) is 5.69 Å². The van der Waals surface area contributed by atoms with Crippen LogP contribution in [-0.2, 0) is 14.8 Å². The van der Waals surface area contributed by atoms with Gasteiger partial charge in [-0.1, -0.05) is 13.0 Å². The minimum Gasteiger partial charge on any atom is -0.323 e. The molecule has 1 N–H and O–H groups in total. The first-order chi connectivity index (χ1) is 12.9. The Bertz CT molecular complexity index is 901. The van der Waals surface area contributed by atoms with Crippen molar-refractivity contribution in [2.24, 2.45) is 5.92 Å². The van der Waals surface area contributed by atoms with Crippen LogP contribution in [0.3, 0.4) is 0 Å². The molecule has 1 aromatic carbocycles. The molecule has 0 radical (unpaired) electrons. The highest BCUT2D eigenvalue weighted by molar-refractivity contribution is 7.89. The minimum atomic E-state index is -3.48. The second-order valence-corrected chi connectivity index (χ2v) is 8.63. The Balaban J connectivity index is 1.63. The van der Waals surface area contributed by atoms with Gasteiger partial charge in [0, 0.05) is 31.0 Å². The first-order valence-corrected chi connectivity index (χ1v) is 10.4. The highest BCUT2D eigenvalue weighted by Crippen LogP contribution is 2.24. The standard InChI is InChI=1S/C20H23N3O3S/c1-16-11-14-23(15-12-16)27(25,26)19-8-5-18(6-9-19)22-20(24)10-7-17-4-2-3-13-21-17/h2-10,13,16H,11-12,14-15H2,1H3,(H,22,24). The van der Waals surface area contributed by atoms with E-state index in [0.717, 1.165) is 12.8 Å². The topological polar surface area (TPSA) is 79.4 Å². The molecule has 7 heteroatoms. The number of anilines is 1. The predicted molar refractivity (Wildman–Crippen MR) is 105 cm³/mol. The predicted octanol–water partition coefficient (Wildman–Crippen LogP) is 3.15. The zero-order valence-corrected chi connectivity index (χ0v) is 16.0. The maximum absolute atomic E-state index is 12.7. The van der Waals surface area contributed by atoms with E-state index in [1.807, 2.05) is 6.07 Å². The molecular weight excluding hydrogens is 362 g/mol. The zero-order chi connectivity index (χ0) is 19.3. The fourth-order valence-corrected chi connectivity index (χ4v) is 4.37. The van der Waals surface area contributed by atoms with Gasteiger partial charge in [0.15, 0.2) is 0 Å². The van der Waals surface area contributed by atoms with Gasteiger partial charge in [0.05, 0.1) is 10.6 Å². The summed E-state index contributed by atoms with van der Waals surface area (Å²) in [5, 5.41) is 2.71. The van der Waals surface area contributed by atoms with Gasteiger partial charge in [0.1, 0.15) is 0 Å². The van der Waals surface area contributed by atoms with Crippen LogP contribution in [0.2, 0.25) is 0 Å². The molecule has 0 aliphatic carbocycles. The molecule has 27 heavy (non-hydrogen) atoms. The van der Waals surface area contributed by atoms with E-state index >= 15 is 0 Å². The van der Waals surface area contributed by atoms with Gasteiger partial charge in [-0.25, -0.2) is 8.42 Å². The van der Waals surface area contributed by atoms with Crippen LogP contribution in [0.25, 0.3) is 6.08 Å². The van der Waals surface area contributed by atoms with E-state index in [2.05, 4.69) is 17.2 Å². The molecule has 0 saturated carbocycles. The first-order valence-electron chi connectivity index (χ1n) is 8.95. The summed E-state index contributed by atoms with van der Waals surface area (Å²) in [4.78, 5) is 16.3.